The standard InChI is InChI=1S/C13H17N3OS2/c1-17-6-5-14-12(10-7-18-8-15-10)13-16-9-3-2-4-11(9)19-13/h7-8,12,14H,2-6H2,1H3. The van der Waals surface area contributed by atoms with E-state index in [4.69, 9.17) is 9.72 Å². The third kappa shape index (κ3) is 2.86. The molecule has 1 unspecified atom stereocenters. The van der Waals surface area contributed by atoms with E-state index in [1.807, 2.05) is 16.8 Å². The topological polar surface area (TPSA) is 47.0 Å². The Morgan fingerprint density at radius 3 is 3.16 bits per heavy atom. The van der Waals surface area contributed by atoms with Gasteiger partial charge in [0.15, 0.2) is 0 Å². The van der Waals surface area contributed by atoms with Gasteiger partial charge in [-0.2, -0.15) is 0 Å². The highest BCUT2D eigenvalue weighted by Gasteiger charge is 2.23. The lowest BCUT2D eigenvalue weighted by Gasteiger charge is -2.14. The minimum Gasteiger partial charge on any atom is -0.383 e. The van der Waals surface area contributed by atoms with E-state index in [9.17, 15) is 0 Å². The number of rotatable bonds is 6. The van der Waals surface area contributed by atoms with Gasteiger partial charge in [0, 0.05) is 23.9 Å². The van der Waals surface area contributed by atoms with Crippen LogP contribution in [0.25, 0.3) is 0 Å². The van der Waals surface area contributed by atoms with Gasteiger partial charge in [-0.3, -0.25) is 0 Å². The molecule has 0 radical (unpaired) electrons. The number of ether oxygens (including phenoxy) is 1. The first-order valence-electron chi connectivity index (χ1n) is 6.47. The van der Waals surface area contributed by atoms with Crippen molar-refractivity contribution in [3.63, 3.8) is 0 Å². The quantitative estimate of drug-likeness (QED) is 0.831. The minimum atomic E-state index is 0.108. The molecule has 6 heteroatoms. The summed E-state index contributed by atoms with van der Waals surface area (Å²) in [5, 5.41) is 6.73. The van der Waals surface area contributed by atoms with Gasteiger partial charge >= 0.3 is 0 Å². The summed E-state index contributed by atoms with van der Waals surface area (Å²) in [5.74, 6) is 0. The van der Waals surface area contributed by atoms with Gasteiger partial charge in [-0.05, 0) is 19.3 Å². The Bertz CT molecular complexity index is 502. The normalized spacial score (nSPS) is 15.6. The van der Waals surface area contributed by atoms with Gasteiger partial charge in [0.1, 0.15) is 11.0 Å². The fraction of sp³-hybridized carbons (Fsp3) is 0.538. The zero-order valence-corrected chi connectivity index (χ0v) is 12.5. The second-order valence-electron chi connectivity index (χ2n) is 4.57. The van der Waals surface area contributed by atoms with E-state index < -0.39 is 0 Å². The van der Waals surface area contributed by atoms with Crippen LogP contribution in [0.15, 0.2) is 10.9 Å². The Labute approximate surface area is 120 Å². The first kappa shape index (κ1) is 13.2. The number of nitrogens with one attached hydrogen (secondary N) is 1. The first-order valence-corrected chi connectivity index (χ1v) is 8.23. The number of methoxy groups -OCH3 is 1. The fourth-order valence-electron chi connectivity index (χ4n) is 2.32. The molecule has 0 saturated heterocycles. The van der Waals surface area contributed by atoms with Crippen LogP contribution in [-0.4, -0.2) is 30.2 Å². The summed E-state index contributed by atoms with van der Waals surface area (Å²) in [6.45, 7) is 1.51. The number of hydrogen-bond donors (Lipinski definition) is 1. The zero-order chi connectivity index (χ0) is 13.1. The van der Waals surface area contributed by atoms with E-state index >= 15 is 0 Å². The third-order valence-electron chi connectivity index (χ3n) is 3.26. The molecule has 1 aliphatic carbocycles. The highest BCUT2D eigenvalue weighted by Crippen LogP contribution is 2.33. The van der Waals surface area contributed by atoms with E-state index in [1.54, 1.807) is 18.4 Å². The number of nitrogens with zero attached hydrogens (tertiary/aromatic N) is 2. The zero-order valence-electron chi connectivity index (χ0n) is 10.9. The molecule has 1 aliphatic rings. The number of aromatic nitrogens is 2. The summed E-state index contributed by atoms with van der Waals surface area (Å²) >= 11 is 3.46. The van der Waals surface area contributed by atoms with Gasteiger partial charge in [0.05, 0.1) is 23.5 Å². The fourth-order valence-corrected chi connectivity index (χ4v) is 4.14. The number of thiazole rings is 2. The van der Waals surface area contributed by atoms with E-state index in [2.05, 4.69) is 15.7 Å². The van der Waals surface area contributed by atoms with Crippen molar-refractivity contribution >= 4 is 22.7 Å². The summed E-state index contributed by atoms with van der Waals surface area (Å²) < 4.78 is 5.11. The van der Waals surface area contributed by atoms with Crippen LogP contribution in [0.4, 0.5) is 0 Å². The van der Waals surface area contributed by atoms with Crippen LogP contribution < -0.4 is 5.32 Å². The number of hydrogen-bond acceptors (Lipinski definition) is 6. The molecule has 0 amide bonds. The summed E-state index contributed by atoms with van der Waals surface area (Å²) in [6.07, 6.45) is 3.58. The van der Waals surface area contributed by atoms with E-state index in [-0.39, 0.29) is 6.04 Å². The molecule has 1 N–H and O–H groups in total. The van der Waals surface area contributed by atoms with Crippen molar-refractivity contribution in [1.29, 1.82) is 0 Å². The second-order valence-corrected chi connectivity index (χ2v) is 6.40. The van der Waals surface area contributed by atoms with E-state index in [0.717, 1.165) is 23.7 Å². The average Bonchev–Trinajstić information content (AvgIpc) is 3.10. The monoisotopic (exact) mass is 295 g/mol. The van der Waals surface area contributed by atoms with Crippen molar-refractivity contribution in [1.82, 2.24) is 15.3 Å². The number of aryl methyl sites for hydroxylation is 2. The van der Waals surface area contributed by atoms with Gasteiger partial charge in [-0.1, -0.05) is 0 Å². The third-order valence-corrected chi connectivity index (χ3v) is 5.09. The van der Waals surface area contributed by atoms with Crippen molar-refractivity contribution in [3.05, 3.63) is 32.2 Å². The lowest BCUT2D eigenvalue weighted by atomic mass is 10.2. The van der Waals surface area contributed by atoms with E-state index in [0.29, 0.717) is 6.61 Å². The summed E-state index contributed by atoms with van der Waals surface area (Å²) in [4.78, 5) is 10.7. The van der Waals surface area contributed by atoms with Gasteiger partial charge in [0.25, 0.3) is 0 Å². The van der Waals surface area contributed by atoms with Crippen molar-refractivity contribution in [2.75, 3.05) is 20.3 Å². The second kappa shape index (κ2) is 6.09. The van der Waals surface area contributed by atoms with Crippen LogP contribution in [0.1, 0.15) is 33.7 Å². The summed E-state index contributed by atoms with van der Waals surface area (Å²) in [6, 6.07) is 0.108. The average molecular weight is 295 g/mol. The van der Waals surface area contributed by atoms with Crippen LogP contribution in [0.3, 0.4) is 0 Å². The molecule has 2 heterocycles. The molecule has 19 heavy (non-hydrogen) atoms. The summed E-state index contributed by atoms with van der Waals surface area (Å²) in [5.41, 5.74) is 4.24. The Morgan fingerprint density at radius 1 is 1.47 bits per heavy atom. The molecular weight excluding hydrogens is 278 g/mol. The van der Waals surface area contributed by atoms with Gasteiger partial charge < -0.3 is 10.1 Å². The van der Waals surface area contributed by atoms with Crippen LogP contribution in [0.2, 0.25) is 0 Å². The largest absolute Gasteiger partial charge is 0.383 e. The van der Waals surface area contributed by atoms with Crippen LogP contribution >= 0.6 is 22.7 Å². The van der Waals surface area contributed by atoms with Gasteiger partial charge in [-0.25, -0.2) is 9.97 Å². The molecule has 102 valence electrons. The minimum absolute atomic E-state index is 0.108. The Kier molecular flexibility index (Phi) is 4.22. The Hall–Kier alpha value is -0.820. The molecule has 0 aliphatic heterocycles. The van der Waals surface area contributed by atoms with Crippen molar-refractivity contribution in [2.24, 2.45) is 0 Å². The predicted octanol–water partition coefficient (Wildman–Crippen LogP) is 2.41. The summed E-state index contributed by atoms with van der Waals surface area (Å²) in [7, 11) is 1.72. The SMILES string of the molecule is COCCNC(c1cscn1)c1nc2c(s1)CCC2. The molecule has 0 bridgehead atoms. The van der Waals surface area contributed by atoms with Crippen molar-refractivity contribution in [2.45, 2.75) is 25.3 Å². The van der Waals surface area contributed by atoms with Crippen LogP contribution in [-0.2, 0) is 17.6 Å². The first-order chi connectivity index (χ1) is 9.38. The smallest absolute Gasteiger partial charge is 0.116 e. The molecule has 2 aromatic rings. The Morgan fingerprint density at radius 2 is 2.42 bits per heavy atom. The van der Waals surface area contributed by atoms with Crippen LogP contribution in [0, 0.1) is 0 Å². The Balaban J connectivity index is 1.81. The van der Waals surface area contributed by atoms with Crippen LogP contribution in [0.5, 0.6) is 0 Å². The van der Waals surface area contributed by atoms with Gasteiger partial charge in [-0.15, -0.1) is 22.7 Å². The predicted molar refractivity (Wildman–Crippen MR) is 78.0 cm³/mol. The lowest BCUT2D eigenvalue weighted by molar-refractivity contribution is 0.197. The molecule has 3 rings (SSSR count). The van der Waals surface area contributed by atoms with Gasteiger partial charge in [0.2, 0.25) is 0 Å². The maximum Gasteiger partial charge on any atom is 0.116 e. The molecule has 0 saturated carbocycles. The molecule has 1 atom stereocenters. The molecule has 2 aromatic heterocycles. The van der Waals surface area contributed by atoms with E-state index in [1.165, 1.54) is 23.4 Å². The highest BCUT2D eigenvalue weighted by molar-refractivity contribution is 7.12. The molecular formula is C13H17N3OS2. The van der Waals surface area contributed by atoms with Crippen molar-refractivity contribution < 1.29 is 4.74 Å². The maximum atomic E-state index is 5.11. The molecule has 0 aromatic carbocycles. The molecule has 0 fully saturated rings. The lowest BCUT2D eigenvalue weighted by Crippen LogP contribution is -2.26. The molecule has 0 spiro atoms. The maximum absolute atomic E-state index is 5.11. The molecule has 4 nitrogen and oxygen atoms in total. The number of fused-ring (bicyclic) bond motifs is 1. The highest BCUT2D eigenvalue weighted by atomic mass is 32.1. The van der Waals surface area contributed by atoms with Crippen molar-refractivity contribution in [3.8, 4) is 0 Å².